The lowest BCUT2D eigenvalue weighted by molar-refractivity contribution is 0.0904. The minimum atomic E-state index is -0.494. The molecule has 0 aliphatic heterocycles. The van der Waals surface area contributed by atoms with Gasteiger partial charge in [0.25, 0.3) is 0 Å². The maximum absolute atomic E-state index is 12.2. The summed E-state index contributed by atoms with van der Waals surface area (Å²) in [5, 5.41) is 2.66. The van der Waals surface area contributed by atoms with Gasteiger partial charge in [-0.15, -0.1) is 0 Å². The molecule has 0 saturated heterocycles. The zero-order chi connectivity index (χ0) is 13.7. The number of fused-ring (bicyclic) bond motifs is 1. The first-order valence-electron chi connectivity index (χ1n) is 6.77. The fraction of sp³-hybridized carbons (Fsp3) is 0.467. The maximum Gasteiger partial charge on any atom is 0.407 e. The number of rotatable bonds is 4. The molecule has 0 aromatic heterocycles. The van der Waals surface area contributed by atoms with Crippen molar-refractivity contribution in [2.45, 2.75) is 38.6 Å². The van der Waals surface area contributed by atoms with E-state index < -0.39 is 12.1 Å². The molecule has 0 spiro atoms. The summed E-state index contributed by atoms with van der Waals surface area (Å²) in [6, 6.07) is 7.10. The van der Waals surface area contributed by atoms with E-state index >= 15 is 0 Å². The van der Waals surface area contributed by atoms with E-state index in [0.717, 1.165) is 24.8 Å². The monoisotopic (exact) mass is 261 g/mol. The van der Waals surface area contributed by atoms with E-state index in [9.17, 15) is 9.59 Å². The molecule has 1 unspecified atom stereocenters. The lowest BCUT2D eigenvalue weighted by atomic mass is 9.87. The summed E-state index contributed by atoms with van der Waals surface area (Å²) < 4.78 is 5.02. The lowest BCUT2D eigenvalue weighted by Gasteiger charge is -2.23. The molecule has 0 fully saturated rings. The van der Waals surface area contributed by atoms with E-state index in [1.54, 1.807) is 0 Å². The Kier molecular flexibility index (Phi) is 4.55. The average Bonchev–Trinajstić information content (AvgIpc) is 2.43. The van der Waals surface area contributed by atoms with Crippen molar-refractivity contribution in [3.05, 3.63) is 35.4 Å². The minimum Gasteiger partial charge on any atom is -0.450 e. The quantitative estimate of drug-likeness (QED) is 0.848. The molecule has 1 aromatic rings. The van der Waals surface area contributed by atoms with Gasteiger partial charge in [0.05, 0.1) is 12.6 Å². The Bertz CT molecular complexity index is 470. The highest BCUT2D eigenvalue weighted by Crippen LogP contribution is 2.21. The molecule has 0 saturated carbocycles. The number of hydrogen-bond acceptors (Lipinski definition) is 3. The molecular formula is C15H19NO3. The zero-order valence-corrected chi connectivity index (χ0v) is 11.1. The van der Waals surface area contributed by atoms with E-state index in [0.29, 0.717) is 18.6 Å². The van der Waals surface area contributed by atoms with Crippen LogP contribution in [-0.4, -0.2) is 24.5 Å². The first-order chi connectivity index (χ1) is 9.22. The van der Waals surface area contributed by atoms with Crippen LogP contribution in [0.3, 0.4) is 0 Å². The van der Waals surface area contributed by atoms with Gasteiger partial charge in [-0.05, 0) is 24.8 Å². The molecule has 4 heteroatoms. The Balaban J connectivity index is 1.93. The van der Waals surface area contributed by atoms with E-state index in [-0.39, 0.29) is 5.78 Å². The number of ether oxygens (including phenoxy) is 1. The molecule has 0 bridgehead atoms. The molecule has 1 aliphatic carbocycles. The van der Waals surface area contributed by atoms with Crippen LogP contribution in [0.1, 0.15) is 42.1 Å². The van der Waals surface area contributed by atoms with Crippen molar-refractivity contribution in [3.63, 3.8) is 0 Å². The fourth-order valence-electron chi connectivity index (χ4n) is 2.23. The minimum absolute atomic E-state index is 0.0192. The number of ketones is 1. The molecule has 1 amide bonds. The van der Waals surface area contributed by atoms with Gasteiger partial charge >= 0.3 is 6.09 Å². The summed E-state index contributed by atoms with van der Waals surface area (Å²) in [5.41, 5.74) is 1.78. The molecule has 19 heavy (non-hydrogen) atoms. The van der Waals surface area contributed by atoms with E-state index in [1.165, 1.54) is 0 Å². The number of hydrogen-bond donors (Lipinski definition) is 1. The molecule has 102 valence electrons. The predicted molar refractivity (Wildman–Crippen MR) is 72.3 cm³/mol. The van der Waals surface area contributed by atoms with Gasteiger partial charge in [0.1, 0.15) is 0 Å². The molecule has 1 aliphatic rings. The second kappa shape index (κ2) is 6.36. The Hall–Kier alpha value is -1.84. The molecule has 0 radical (unpaired) electrons. The summed E-state index contributed by atoms with van der Waals surface area (Å²) in [6.07, 6.45) is 2.77. The van der Waals surface area contributed by atoms with Crippen molar-refractivity contribution < 1.29 is 14.3 Å². The normalized spacial score (nSPS) is 17.7. The lowest BCUT2D eigenvalue weighted by Crippen LogP contribution is -2.43. The van der Waals surface area contributed by atoms with Crippen LogP contribution < -0.4 is 5.32 Å². The van der Waals surface area contributed by atoms with Gasteiger partial charge in [-0.3, -0.25) is 4.79 Å². The van der Waals surface area contributed by atoms with Crippen LogP contribution in [0, 0.1) is 0 Å². The van der Waals surface area contributed by atoms with Gasteiger partial charge in [0, 0.05) is 5.56 Å². The van der Waals surface area contributed by atoms with Crippen LogP contribution in [0.25, 0.3) is 0 Å². The Morgan fingerprint density at radius 2 is 2.21 bits per heavy atom. The van der Waals surface area contributed by atoms with Crippen molar-refractivity contribution in [2.24, 2.45) is 0 Å². The largest absolute Gasteiger partial charge is 0.450 e. The summed E-state index contributed by atoms with van der Waals surface area (Å²) >= 11 is 0. The summed E-state index contributed by atoms with van der Waals surface area (Å²) in [4.78, 5) is 23.8. The number of benzene rings is 1. The number of nitrogens with one attached hydrogen (secondary N) is 1. The van der Waals surface area contributed by atoms with Crippen molar-refractivity contribution in [1.82, 2.24) is 5.32 Å². The Morgan fingerprint density at radius 1 is 1.42 bits per heavy atom. The van der Waals surface area contributed by atoms with Gasteiger partial charge in [-0.25, -0.2) is 4.79 Å². The highest BCUT2D eigenvalue weighted by Gasteiger charge is 2.28. The van der Waals surface area contributed by atoms with Crippen molar-refractivity contribution in [2.75, 3.05) is 6.61 Å². The number of alkyl carbamates (subject to hydrolysis) is 1. The smallest absolute Gasteiger partial charge is 0.407 e. The summed E-state index contributed by atoms with van der Waals surface area (Å²) in [5.74, 6) is -0.0192. The topological polar surface area (TPSA) is 55.4 Å². The van der Waals surface area contributed by atoms with Gasteiger partial charge in [-0.1, -0.05) is 37.6 Å². The van der Waals surface area contributed by atoms with E-state index in [1.807, 2.05) is 31.2 Å². The van der Waals surface area contributed by atoms with Gasteiger partial charge in [0.15, 0.2) is 5.78 Å². The van der Waals surface area contributed by atoms with Crippen molar-refractivity contribution in [3.8, 4) is 0 Å². The van der Waals surface area contributed by atoms with Gasteiger partial charge < -0.3 is 10.1 Å². The second-order valence-electron chi connectivity index (χ2n) is 4.75. The van der Waals surface area contributed by atoms with Crippen LogP contribution in [0.4, 0.5) is 4.79 Å². The number of carbonyl (C=O) groups excluding carboxylic acids is 2. The third kappa shape index (κ3) is 3.34. The van der Waals surface area contributed by atoms with Crippen molar-refractivity contribution >= 4 is 11.9 Å². The SMILES string of the molecule is CCCCOC(=O)NC1CCc2ccccc2C1=O. The van der Waals surface area contributed by atoms with E-state index in [4.69, 9.17) is 4.74 Å². The number of amides is 1. The Labute approximate surface area is 113 Å². The van der Waals surface area contributed by atoms with Gasteiger partial charge in [-0.2, -0.15) is 0 Å². The fourth-order valence-corrected chi connectivity index (χ4v) is 2.23. The molecule has 1 aromatic carbocycles. The molecule has 2 rings (SSSR count). The van der Waals surface area contributed by atoms with Crippen molar-refractivity contribution in [1.29, 1.82) is 0 Å². The van der Waals surface area contributed by atoms with E-state index in [2.05, 4.69) is 5.32 Å². The first kappa shape index (κ1) is 13.6. The molecule has 1 N–H and O–H groups in total. The number of carbonyl (C=O) groups is 2. The predicted octanol–water partition coefficient (Wildman–Crippen LogP) is 2.71. The standard InChI is InChI=1S/C15H19NO3/c1-2-3-10-19-15(18)16-13-9-8-11-6-4-5-7-12(11)14(13)17/h4-7,13H,2-3,8-10H2,1H3,(H,16,18). The second-order valence-corrected chi connectivity index (χ2v) is 4.75. The highest BCUT2D eigenvalue weighted by atomic mass is 16.5. The highest BCUT2D eigenvalue weighted by molar-refractivity contribution is 6.03. The third-order valence-corrected chi connectivity index (χ3v) is 3.32. The Morgan fingerprint density at radius 3 is 3.00 bits per heavy atom. The average molecular weight is 261 g/mol. The number of Topliss-reactive ketones (excluding diaryl/α,β-unsaturated/α-hetero) is 1. The maximum atomic E-state index is 12.2. The molecule has 0 heterocycles. The summed E-state index contributed by atoms with van der Waals surface area (Å²) in [6.45, 7) is 2.43. The molecule has 4 nitrogen and oxygen atoms in total. The number of aryl methyl sites for hydroxylation is 1. The van der Waals surface area contributed by atoms with Crippen LogP contribution >= 0.6 is 0 Å². The van der Waals surface area contributed by atoms with Crippen LogP contribution in [0.5, 0.6) is 0 Å². The van der Waals surface area contributed by atoms with Crippen LogP contribution in [0.2, 0.25) is 0 Å². The first-order valence-corrected chi connectivity index (χ1v) is 6.77. The summed E-state index contributed by atoms with van der Waals surface area (Å²) in [7, 11) is 0. The van der Waals surface area contributed by atoms with Gasteiger partial charge in [0.2, 0.25) is 0 Å². The zero-order valence-electron chi connectivity index (χ0n) is 11.1. The molecule has 1 atom stereocenters. The molecular weight excluding hydrogens is 242 g/mol. The third-order valence-electron chi connectivity index (χ3n) is 3.32. The van der Waals surface area contributed by atoms with Crippen LogP contribution in [-0.2, 0) is 11.2 Å². The van der Waals surface area contributed by atoms with Crippen LogP contribution in [0.15, 0.2) is 24.3 Å². The number of unbranched alkanes of at least 4 members (excludes halogenated alkanes) is 1.